The summed E-state index contributed by atoms with van der Waals surface area (Å²) in [5.74, 6) is 0. The predicted octanol–water partition coefficient (Wildman–Crippen LogP) is 3.43. The quantitative estimate of drug-likeness (QED) is 0.537. The van der Waals surface area contributed by atoms with Crippen molar-refractivity contribution in [2.45, 2.75) is 11.8 Å². The lowest BCUT2D eigenvalue weighted by atomic mass is 10.2. The lowest BCUT2D eigenvalue weighted by Gasteiger charge is -2.07. The molecule has 0 atom stereocenters. The molecule has 0 saturated carbocycles. The summed E-state index contributed by atoms with van der Waals surface area (Å²) in [7, 11) is -3.79. The molecule has 7 heteroatoms. The molecule has 0 N–H and O–H groups in total. The van der Waals surface area contributed by atoms with Crippen molar-refractivity contribution in [2.24, 2.45) is 0 Å². The van der Waals surface area contributed by atoms with E-state index in [-0.39, 0.29) is 4.90 Å². The minimum Gasteiger partial charge on any atom is -0.259 e. The first-order chi connectivity index (χ1) is 11.4. The molecule has 0 aliphatic heterocycles. The van der Waals surface area contributed by atoms with Gasteiger partial charge in [0.1, 0.15) is 0 Å². The molecule has 3 aromatic rings. The molecule has 3 rings (SSSR count). The zero-order valence-electron chi connectivity index (χ0n) is 12.8. The number of aryl methyl sites for hydroxylation is 1. The molecule has 0 unspecified atom stereocenters. The molecule has 0 aliphatic rings. The highest BCUT2D eigenvalue weighted by molar-refractivity contribution is 7.90. The molecular formula is C17H14N2O4S. The lowest BCUT2D eigenvalue weighted by molar-refractivity contribution is -0.400. The Kier molecular flexibility index (Phi) is 3.94. The van der Waals surface area contributed by atoms with Gasteiger partial charge in [-0.2, -0.15) is 0 Å². The van der Waals surface area contributed by atoms with Crippen LogP contribution in [0.25, 0.3) is 17.0 Å². The van der Waals surface area contributed by atoms with Gasteiger partial charge in [0.25, 0.3) is 10.0 Å². The van der Waals surface area contributed by atoms with Crippen molar-refractivity contribution in [1.82, 2.24) is 3.97 Å². The van der Waals surface area contributed by atoms with Crippen LogP contribution in [0.15, 0.2) is 65.8 Å². The van der Waals surface area contributed by atoms with Gasteiger partial charge in [0, 0.05) is 23.2 Å². The van der Waals surface area contributed by atoms with Gasteiger partial charge in [-0.25, -0.2) is 12.4 Å². The fraction of sp³-hybridized carbons (Fsp3) is 0.0588. The van der Waals surface area contributed by atoms with Gasteiger partial charge < -0.3 is 0 Å². The van der Waals surface area contributed by atoms with Crippen LogP contribution in [0.1, 0.15) is 11.1 Å². The average molecular weight is 342 g/mol. The van der Waals surface area contributed by atoms with Crippen LogP contribution in [-0.2, 0) is 10.0 Å². The van der Waals surface area contributed by atoms with Crippen molar-refractivity contribution in [3.05, 3.63) is 82.2 Å². The van der Waals surface area contributed by atoms with Gasteiger partial charge in [-0.15, -0.1) is 0 Å². The first kappa shape index (κ1) is 15.9. The van der Waals surface area contributed by atoms with Crippen LogP contribution in [0.2, 0.25) is 0 Å². The molecule has 0 spiro atoms. The van der Waals surface area contributed by atoms with E-state index in [4.69, 9.17) is 0 Å². The van der Waals surface area contributed by atoms with Gasteiger partial charge in [-0.3, -0.25) is 10.1 Å². The van der Waals surface area contributed by atoms with Gasteiger partial charge in [-0.1, -0.05) is 35.9 Å². The number of aromatic nitrogens is 1. The van der Waals surface area contributed by atoms with Crippen molar-refractivity contribution in [2.75, 3.05) is 0 Å². The number of hydrogen-bond donors (Lipinski definition) is 0. The molecule has 0 fully saturated rings. The summed E-state index contributed by atoms with van der Waals surface area (Å²) in [4.78, 5) is 10.1. The van der Waals surface area contributed by atoms with Crippen molar-refractivity contribution >= 4 is 27.0 Å². The van der Waals surface area contributed by atoms with E-state index < -0.39 is 14.9 Å². The Morgan fingerprint density at radius 1 is 1.08 bits per heavy atom. The molecule has 24 heavy (non-hydrogen) atoms. The molecule has 0 radical (unpaired) electrons. The van der Waals surface area contributed by atoms with Crippen molar-refractivity contribution in [3.8, 4) is 0 Å². The number of nitrogens with zero attached hydrogens (tertiary/aromatic N) is 2. The third-order valence-electron chi connectivity index (χ3n) is 3.66. The summed E-state index contributed by atoms with van der Waals surface area (Å²) in [6, 6.07) is 13.4. The summed E-state index contributed by atoms with van der Waals surface area (Å²) >= 11 is 0. The van der Waals surface area contributed by atoms with Crippen LogP contribution in [0.3, 0.4) is 0 Å². The number of benzene rings is 2. The number of rotatable bonds is 4. The maximum Gasteiger partial charge on any atom is 0.268 e. The van der Waals surface area contributed by atoms with E-state index in [0.717, 1.165) is 15.7 Å². The normalized spacial score (nSPS) is 12.0. The Morgan fingerprint density at radius 3 is 2.42 bits per heavy atom. The van der Waals surface area contributed by atoms with E-state index >= 15 is 0 Å². The lowest BCUT2D eigenvalue weighted by Crippen LogP contribution is -2.11. The Bertz CT molecular complexity index is 1050. The second-order valence-electron chi connectivity index (χ2n) is 5.32. The number of hydrogen-bond acceptors (Lipinski definition) is 4. The zero-order valence-corrected chi connectivity index (χ0v) is 13.6. The smallest absolute Gasteiger partial charge is 0.259 e. The summed E-state index contributed by atoms with van der Waals surface area (Å²) < 4.78 is 27.0. The topological polar surface area (TPSA) is 82.2 Å². The zero-order chi connectivity index (χ0) is 17.3. The molecule has 0 saturated heterocycles. The summed E-state index contributed by atoms with van der Waals surface area (Å²) in [6.07, 6.45) is 3.49. The second kappa shape index (κ2) is 5.93. The maximum absolute atomic E-state index is 12.9. The van der Waals surface area contributed by atoms with Crippen LogP contribution >= 0.6 is 0 Å². The van der Waals surface area contributed by atoms with Crippen molar-refractivity contribution in [3.63, 3.8) is 0 Å². The highest BCUT2D eigenvalue weighted by Crippen LogP contribution is 2.27. The largest absolute Gasteiger partial charge is 0.268 e. The second-order valence-corrected chi connectivity index (χ2v) is 7.13. The van der Waals surface area contributed by atoms with Gasteiger partial charge in [0.2, 0.25) is 6.20 Å². The Hall–Kier alpha value is -2.93. The third-order valence-corrected chi connectivity index (χ3v) is 5.35. The average Bonchev–Trinajstić information content (AvgIpc) is 2.93. The standard InChI is InChI=1S/C17H14N2O4S/c1-13-6-8-15(9-7-13)24(22,23)18-12-14(10-11-19(20)21)16-4-2-3-5-17(16)18/h2-12H,1H3/b11-10+. The Labute approximate surface area is 138 Å². The minimum atomic E-state index is -3.79. The number of nitro groups is 1. The van der Waals surface area contributed by atoms with Crippen LogP contribution in [-0.4, -0.2) is 17.3 Å². The molecule has 122 valence electrons. The summed E-state index contributed by atoms with van der Waals surface area (Å²) in [5.41, 5.74) is 1.90. The van der Waals surface area contributed by atoms with E-state index in [0.29, 0.717) is 16.5 Å². The summed E-state index contributed by atoms with van der Waals surface area (Å²) in [6.45, 7) is 1.88. The van der Waals surface area contributed by atoms with Gasteiger partial charge in [-0.05, 0) is 25.1 Å². The summed E-state index contributed by atoms with van der Waals surface area (Å²) in [5, 5.41) is 11.2. The fourth-order valence-electron chi connectivity index (χ4n) is 2.47. The van der Waals surface area contributed by atoms with E-state index in [2.05, 4.69) is 0 Å². The highest BCUT2D eigenvalue weighted by Gasteiger charge is 2.20. The number of para-hydroxylation sites is 1. The Morgan fingerprint density at radius 2 is 1.75 bits per heavy atom. The van der Waals surface area contributed by atoms with E-state index in [1.165, 1.54) is 12.3 Å². The minimum absolute atomic E-state index is 0.165. The van der Waals surface area contributed by atoms with Gasteiger partial charge >= 0.3 is 0 Å². The van der Waals surface area contributed by atoms with Crippen LogP contribution in [0.5, 0.6) is 0 Å². The predicted molar refractivity (Wildman–Crippen MR) is 91.7 cm³/mol. The third kappa shape index (κ3) is 2.81. The molecular weight excluding hydrogens is 328 g/mol. The monoisotopic (exact) mass is 342 g/mol. The molecule has 2 aromatic carbocycles. The SMILES string of the molecule is Cc1ccc(S(=O)(=O)n2cc(/C=C/[N+](=O)[O-])c3ccccc32)cc1. The molecule has 6 nitrogen and oxygen atoms in total. The van der Waals surface area contributed by atoms with Crippen molar-refractivity contribution in [1.29, 1.82) is 0 Å². The van der Waals surface area contributed by atoms with Crippen molar-refractivity contribution < 1.29 is 13.3 Å². The van der Waals surface area contributed by atoms with E-state index in [9.17, 15) is 18.5 Å². The molecule has 1 heterocycles. The molecule has 0 amide bonds. The first-order valence-electron chi connectivity index (χ1n) is 7.13. The maximum atomic E-state index is 12.9. The Balaban J connectivity index is 2.22. The van der Waals surface area contributed by atoms with E-state index in [1.54, 1.807) is 48.5 Å². The first-order valence-corrected chi connectivity index (χ1v) is 8.57. The van der Waals surface area contributed by atoms with E-state index in [1.807, 2.05) is 6.92 Å². The van der Waals surface area contributed by atoms with Crippen LogP contribution in [0, 0.1) is 17.0 Å². The molecule has 0 bridgehead atoms. The van der Waals surface area contributed by atoms with Gasteiger partial charge in [0.05, 0.1) is 15.3 Å². The fourth-order valence-corrected chi connectivity index (χ4v) is 3.85. The molecule has 0 aliphatic carbocycles. The number of fused-ring (bicyclic) bond motifs is 1. The van der Waals surface area contributed by atoms with Crippen LogP contribution in [0.4, 0.5) is 0 Å². The van der Waals surface area contributed by atoms with Gasteiger partial charge in [0.15, 0.2) is 0 Å². The highest BCUT2D eigenvalue weighted by atomic mass is 32.2. The molecule has 1 aromatic heterocycles. The van der Waals surface area contributed by atoms with Crippen LogP contribution < -0.4 is 0 Å².